The Morgan fingerprint density at radius 2 is 1.84 bits per heavy atom. The van der Waals surface area contributed by atoms with Gasteiger partial charge in [0.05, 0.1) is 0 Å². The Balaban J connectivity index is 1.86. The molecule has 0 bridgehead atoms. The molecule has 4 nitrogen and oxygen atoms in total. The predicted molar refractivity (Wildman–Crippen MR) is 78.3 cm³/mol. The Hall–Kier alpha value is -1.55. The second kappa shape index (κ2) is 6.57. The predicted octanol–water partition coefficient (Wildman–Crippen LogP) is 3.03. The summed E-state index contributed by atoms with van der Waals surface area (Å²) >= 11 is 0. The van der Waals surface area contributed by atoms with E-state index in [9.17, 15) is 4.79 Å². The largest absolute Gasteiger partial charge is 0.335 e. The van der Waals surface area contributed by atoms with Gasteiger partial charge in [-0.3, -0.25) is 0 Å². The number of anilines is 1. The van der Waals surface area contributed by atoms with Crippen LogP contribution in [0.3, 0.4) is 0 Å². The van der Waals surface area contributed by atoms with Crippen molar-refractivity contribution in [3.05, 3.63) is 29.8 Å². The fraction of sp³-hybridized carbons (Fsp3) is 0.533. The molecule has 1 saturated carbocycles. The van der Waals surface area contributed by atoms with Gasteiger partial charge in [0.15, 0.2) is 0 Å². The van der Waals surface area contributed by atoms with Crippen LogP contribution in [0.15, 0.2) is 24.3 Å². The van der Waals surface area contributed by atoms with E-state index in [1.165, 1.54) is 18.4 Å². The Bertz CT molecular complexity index is 410. The standard InChI is InChI=1S/C15H23N3O/c1-11(16-2)12-7-9-14(10-8-12)18-15(19)17-13-5-3-4-6-13/h7-11,13,16H,3-6H2,1-2H3,(H2,17,18,19). The quantitative estimate of drug-likeness (QED) is 0.780. The third-order valence-corrected chi connectivity index (χ3v) is 3.79. The maximum absolute atomic E-state index is 11.8. The third-order valence-electron chi connectivity index (χ3n) is 3.79. The van der Waals surface area contributed by atoms with Crippen LogP contribution in [0.25, 0.3) is 0 Å². The second-order valence-electron chi connectivity index (χ2n) is 5.21. The smallest absolute Gasteiger partial charge is 0.319 e. The average Bonchev–Trinajstić information content (AvgIpc) is 2.91. The van der Waals surface area contributed by atoms with Gasteiger partial charge in [-0.05, 0) is 44.5 Å². The molecule has 1 aliphatic carbocycles. The number of nitrogens with one attached hydrogen (secondary N) is 3. The van der Waals surface area contributed by atoms with Crippen LogP contribution in [0.5, 0.6) is 0 Å². The lowest BCUT2D eigenvalue weighted by Gasteiger charge is -2.14. The fourth-order valence-corrected chi connectivity index (χ4v) is 2.44. The van der Waals surface area contributed by atoms with E-state index in [0.717, 1.165) is 18.5 Å². The molecule has 2 amide bonds. The van der Waals surface area contributed by atoms with Crippen molar-refractivity contribution >= 4 is 11.7 Å². The second-order valence-corrected chi connectivity index (χ2v) is 5.21. The van der Waals surface area contributed by atoms with Crippen LogP contribution in [0, 0.1) is 0 Å². The van der Waals surface area contributed by atoms with Gasteiger partial charge in [-0.15, -0.1) is 0 Å². The first-order valence-electron chi connectivity index (χ1n) is 7.04. The van der Waals surface area contributed by atoms with Crippen molar-refractivity contribution in [1.82, 2.24) is 10.6 Å². The van der Waals surface area contributed by atoms with Gasteiger partial charge in [-0.25, -0.2) is 4.79 Å². The van der Waals surface area contributed by atoms with Crippen molar-refractivity contribution in [1.29, 1.82) is 0 Å². The molecule has 0 radical (unpaired) electrons. The van der Waals surface area contributed by atoms with Crippen LogP contribution >= 0.6 is 0 Å². The molecular weight excluding hydrogens is 238 g/mol. The van der Waals surface area contributed by atoms with Crippen LogP contribution in [-0.4, -0.2) is 19.1 Å². The van der Waals surface area contributed by atoms with E-state index in [4.69, 9.17) is 0 Å². The molecule has 2 rings (SSSR count). The highest BCUT2D eigenvalue weighted by atomic mass is 16.2. The van der Waals surface area contributed by atoms with Crippen molar-refractivity contribution in [2.75, 3.05) is 12.4 Å². The third kappa shape index (κ3) is 3.96. The van der Waals surface area contributed by atoms with Crippen LogP contribution in [0.1, 0.15) is 44.2 Å². The molecule has 1 fully saturated rings. The van der Waals surface area contributed by atoms with Gasteiger partial charge in [-0.2, -0.15) is 0 Å². The minimum absolute atomic E-state index is 0.0960. The SMILES string of the molecule is CNC(C)c1ccc(NC(=O)NC2CCCC2)cc1. The lowest BCUT2D eigenvalue weighted by Crippen LogP contribution is -2.36. The minimum atomic E-state index is -0.0960. The molecule has 0 aromatic heterocycles. The van der Waals surface area contributed by atoms with E-state index in [0.29, 0.717) is 12.1 Å². The number of amides is 2. The number of hydrogen-bond acceptors (Lipinski definition) is 2. The van der Waals surface area contributed by atoms with Gasteiger partial charge in [0, 0.05) is 17.8 Å². The molecule has 1 aromatic carbocycles. The lowest BCUT2D eigenvalue weighted by atomic mass is 10.1. The van der Waals surface area contributed by atoms with Crippen molar-refractivity contribution in [3.63, 3.8) is 0 Å². The summed E-state index contributed by atoms with van der Waals surface area (Å²) in [5.41, 5.74) is 2.05. The molecule has 19 heavy (non-hydrogen) atoms. The fourth-order valence-electron chi connectivity index (χ4n) is 2.44. The molecule has 0 aliphatic heterocycles. The molecule has 1 aromatic rings. The Kier molecular flexibility index (Phi) is 4.80. The number of rotatable bonds is 4. The van der Waals surface area contributed by atoms with Gasteiger partial charge in [0.2, 0.25) is 0 Å². The van der Waals surface area contributed by atoms with Gasteiger partial charge in [0.1, 0.15) is 0 Å². The molecule has 1 unspecified atom stereocenters. The summed E-state index contributed by atoms with van der Waals surface area (Å²) < 4.78 is 0. The van der Waals surface area contributed by atoms with Gasteiger partial charge in [0.25, 0.3) is 0 Å². The number of carbonyl (C=O) groups excluding carboxylic acids is 1. The lowest BCUT2D eigenvalue weighted by molar-refractivity contribution is 0.248. The van der Waals surface area contributed by atoms with Crippen molar-refractivity contribution < 1.29 is 4.79 Å². The molecule has 0 heterocycles. The molecule has 0 saturated heterocycles. The summed E-state index contributed by atoms with van der Waals surface area (Å²) in [7, 11) is 1.94. The van der Waals surface area contributed by atoms with E-state index >= 15 is 0 Å². The highest BCUT2D eigenvalue weighted by Crippen LogP contribution is 2.18. The van der Waals surface area contributed by atoms with Crippen LogP contribution in [-0.2, 0) is 0 Å². The summed E-state index contributed by atoms with van der Waals surface area (Å²) in [5, 5.41) is 9.09. The maximum atomic E-state index is 11.8. The van der Waals surface area contributed by atoms with Crippen LogP contribution in [0.4, 0.5) is 10.5 Å². The molecular formula is C15H23N3O. The van der Waals surface area contributed by atoms with Gasteiger partial charge < -0.3 is 16.0 Å². The van der Waals surface area contributed by atoms with Crippen molar-refractivity contribution in [2.45, 2.75) is 44.7 Å². The average molecular weight is 261 g/mol. The summed E-state index contributed by atoms with van der Waals surface area (Å²) in [6, 6.07) is 8.53. The summed E-state index contributed by atoms with van der Waals surface area (Å²) in [5.74, 6) is 0. The van der Waals surface area contributed by atoms with E-state index in [-0.39, 0.29) is 6.03 Å². The zero-order valence-corrected chi connectivity index (χ0v) is 11.7. The number of hydrogen-bond donors (Lipinski definition) is 3. The van der Waals surface area contributed by atoms with Gasteiger partial charge in [-0.1, -0.05) is 25.0 Å². The molecule has 104 valence electrons. The molecule has 4 heteroatoms. The topological polar surface area (TPSA) is 53.2 Å². The molecule has 3 N–H and O–H groups in total. The Labute approximate surface area is 115 Å². The first-order valence-corrected chi connectivity index (χ1v) is 7.04. The minimum Gasteiger partial charge on any atom is -0.335 e. The normalized spacial score (nSPS) is 17.2. The summed E-state index contributed by atoms with van der Waals surface area (Å²) in [6.07, 6.45) is 4.65. The number of benzene rings is 1. The van der Waals surface area contributed by atoms with E-state index < -0.39 is 0 Å². The van der Waals surface area contributed by atoms with Crippen LogP contribution < -0.4 is 16.0 Å². The van der Waals surface area contributed by atoms with E-state index in [2.05, 4.69) is 22.9 Å². The molecule has 1 aliphatic rings. The van der Waals surface area contributed by atoms with E-state index in [1.54, 1.807) is 0 Å². The Morgan fingerprint density at radius 1 is 1.21 bits per heavy atom. The Morgan fingerprint density at radius 3 is 2.42 bits per heavy atom. The highest BCUT2D eigenvalue weighted by Gasteiger charge is 2.16. The monoisotopic (exact) mass is 261 g/mol. The molecule has 0 spiro atoms. The summed E-state index contributed by atoms with van der Waals surface area (Å²) in [4.78, 5) is 11.8. The first kappa shape index (κ1) is 13.9. The number of urea groups is 1. The van der Waals surface area contributed by atoms with Crippen molar-refractivity contribution in [2.24, 2.45) is 0 Å². The summed E-state index contributed by atoms with van der Waals surface area (Å²) in [6.45, 7) is 2.11. The highest BCUT2D eigenvalue weighted by molar-refractivity contribution is 5.89. The maximum Gasteiger partial charge on any atom is 0.319 e. The van der Waals surface area contributed by atoms with Crippen LogP contribution in [0.2, 0.25) is 0 Å². The van der Waals surface area contributed by atoms with Gasteiger partial charge >= 0.3 is 6.03 Å². The first-order chi connectivity index (χ1) is 9.19. The zero-order valence-electron chi connectivity index (χ0n) is 11.7. The number of carbonyl (C=O) groups is 1. The zero-order chi connectivity index (χ0) is 13.7. The van der Waals surface area contributed by atoms with E-state index in [1.807, 2.05) is 31.3 Å². The molecule has 1 atom stereocenters. The van der Waals surface area contributed by atoms with Crippen molar-refractivity contribution in [3.8, 4) is 0 Å².